The second kappa shape index (κ2) is 6.03. The van der Waals surface area contributed by atoms with E-state index in [-0.39, 0.29) is 5.91 Å². The molecule has 1 aromatic carbocycles. The van der Waals surface area contributed by atoms with E-state index in [9.17, 15) is 4.79 Å². The molecule has 0 radical (unpaired) electrons. The summed E-state index contributed by atoms with van der Waals surface area (Å²) in [6.45, 7) is 0. The maximum absolute atomic E-state index is 12.8. The van der Waals surface area contributed by atoms with Crippen LogP contribution < -0.4 is 4.74 Å². The molecular formula is C20H25NO2. The predicted octanol–water partition coefficient (Wildman–Crippen LogP) is 3.73. The molecule has 3 fully saturated rings. The topological polar surface area (TPSA) is 29.5 Å². The van der Waals surface area contributed by atoms with E-state index < -0.39 is 0 Å². The van der Waals surface area contributed by atoms with Gasteiger partial charge >= 0.3 is 0 Å². The van der Waals surface area contributed by atoms with Gasteiger partial charge in [0.2, 0.25) is 5.91 Å². The van der Waals surface area contributed by atoms with E-state index in [1.165, 1.54) is 25.7 Å². The van der Waals surface area contributed by atoms with Crippen molar-refractivity contribution < 1.29 is 9.53 Å². The fourth-order valence-corrected chi connectivity index (χ4v) is 4.24. The van der Waals surface area contributed by atoms with E-state index in [1.807, 2.05) is 24.3 Å². The summed E-state index contributed by atoms with van der Waals surface area (Å²) in [5.41, 5.74) is 2.67. The summed E-state index contributed by atoms with van der Waals surface area (Å²) in [5, 5.41) is 0. The van der Waals surface area contributed by atoms with Gasteiger partial charge in [0.25, 0.3) is 0 Å². The molecule has 3 aliphatic rings. The third-order valence-electron chi connectivity index (χ3n) is 5.49. The monoisotopic (exact) mass is 311 g/mol. The largest absolute Gasteiger partial charge is 0.497 e. The molecule has 0 aromatic heterocycles. The molecule has 2 aliphatic heterocycles. The third kappa shape index (κ3) is 3.15. The lowest BCUT2D eigenvalue weighted by Crippen LogP contribution is -2.45. The predicted molar refractivity (Wildman–Crippen MR) is 90.4 cm³/mol. The van der Waals surface area contributed by atoms with Crippen LogP contribution in [0, 0.1) is 5.92 Å². The molecule has 1 amide bonds. The average molecular weight is 311 g/mol. The van der Waals surface area contributed by atoms with Crippen LogP contribution in [0.25, 0.3) is 0 Å². The Labute approximate surface area is 138 Å². The normalized spacial score (nSPS) is 26.3. The van der Waals surface area contributed by atoms with Gasteiger partial charge in [-0.3, -0.25) is 4.79 Å². The van der Waals surface area contributed by atoms with Gasteiger partial charge in [0.05, 0.1) is 13.5 Å². The Bertz CT molecular complexity index is 616. The summed E-state index contributed by atoms with van der Waals surface area (Å²) >= 11 is 0. The lowest BCUT2D eigenvalue weighted by Gasteiger charge is -2.36. The molecule has 1 saturated carbocycles. The maximum atomic E-state index is 12.8. The molecular weight excluding hydrogens is 286 g/mol. The van der Waals surface area contributed by atoms with Crippen LogP contribution in [0.5, 0.6) is 5.75 Å². The SMILES string of the molecule is COc1cccc(CC(=O)N2C3CCC2CC(=CC2CC2)C3)c1. The van der Waals surface area contributed by atoms with Gasteiger partial charge in [-0.25, -0.2) is 0 Å². The number of hydrogen-bond acceptors (Lipinski definition) is 2. The number of carbonyl (C=O) groups excluding carboxylic acids is 1. The lowest BCUT2D eigenvalue weighted by atomic mass is 9.94. The van der Waals surface area contributed by atoms with E-state index >= 15 is 0 Å². The van der Waals surface area contributed by atoms with E-state index in [1.54, 1.807) is 12.7 Å². The van der Waals surface area contributed by atoms with E-state index in [4.69, 9.17) is 4.74 Å². The molecule has 4 rings (SSSR count). The van der Waals surface area contributed by atoms with E-state index in [0.717, 1.165) is 30.1 Å². The maximum Gasteiger partial charge on any atom is 0.227 e. The van der Waals surface area contributed by atoms with E-state index in [2.05, 4.69) is 11.0 Å². The number of nitrogens with zero attached hydrogens (tertiary/aromatic N) is 1. The van der Waals surface area contributed by atoms with Crippen molar-refractivity contribution in [3.63, 3.8) is 0 Å². The second-order valence-corrected chi connectivity index (χ2v) is 7.28. The molecule has 122 valence electrons. The Morgan fingerprint density at radius 1 is 1.22 bits per heavy atom. The summed E-state index contributed by atoms with van der Waals surface area (Å²) < 4.78 is 5.26. The summed E-state index contributed by atoms with van der Waals surface area (Å²) in [4.78, 5) is 15.0. The number of rotatable bonds is 4. The minimum atomic E-state index is 0.288. The quantitative estimate of drug-likeness (QED) is 0.793. The molecule has 0 spiro atoms. The van der Waals surface area contributed by atoms with Crippen LogP contribution in [0.2, 0.25) is 0 Å². The number of allylic oxidation sites excluding steroid dienone is 1. The number of hydrogen-bond donors (Lipinski definition) is 0. The summed E-state index contributed by atoms with van der Waals surface area (Å²) in [6.07, 6.45) is 10.3. The fraction of sp³-hybridized carbons (Fsp3) is 0.550. The molecule has 3 heteroatoms. The average Bonchev–Trinajstić information content (AvgIpc) is 3.32. The molecule has 2 saturated heterocycles. The van der Waals surface area contributed by atoms with Gasteiger partial charge < -0.3 is 9.64 Å². The van der Waals surface area contributed by atoms with Gasteiger partial charge in [0.15, 0.2) is 0 Å². The van der Waals surface area contributed by atoms with Crippen LogP contribution >= 0.6 is 0 Å². The first-order chi connectivity index (χ1) is 11.2. The van der Waals surface area contributed by atoms with Gasteiger partial charge in [-0.1, -0.05) is 23.8 Å². The number of fused-ring (bicyclic) bond motifs is 2. The Morgan fingerprint density at radius 3 is 2.61 bits per heavy atom. The number of ether oxygens (including phenoxy) is 1. The molecule has 2 unspecified atom stereocenters. The standard InChI is InChI=1S/C20H25NO2/c1-23-19-4-2-3-15(12-19)13-20(22)21-17-7-8-18(21)11-16(10-17)9-14-5-6-14/h2-4,9,12,14,17-18H,5-8,10-11,13H2,1H3. The Morgan fingerprint density at radius 2 is 1.96 bits per heavy atom. The Balaban J connectivity index is 1.44. The zero-order valence-corrected chi connectivity index (χ0v) is 13.8. The molecule has 1 aliphatic carbocycles. The Hall–Kier alpha value is -1.77. The second-order valence-electron chi connectivity index (χ2n) is 7.28. The van der Waals surface area contributed by atoms with Crippen molar-refractivity contribution >= 4 is 5.91 Å². The highest BCUT2D eigenvalue weighted by Crippen LogP contribution is 2.41. The van der Waals surface area contributed by atoms with Gasteiger partial charge in [-0.2, -0.15) is 0 Å². The molecule has 23 heavy (non-hydrogen) atoms. The van der Waals surface area contributed by atoms with Gasteiger partial charge in [-0.05, 0) is 62.1 Å². The minimum absolute atomic E-state index is 0.288. The van der Waals surface area contributed by atoms with Crippen molar-refractivity contribution in [2.24, 2.45) is 5.92 Å². The summed E-state index contributed by atoms with van der Waals surface area (Å²) in [6, 6.07) is 8.76. The van der Waals surface area contributed by atoms with Crippen LogP contribution in [0.4, 0.5) is 0 Å². The number of methoxy groups -OCH3 is 1. The smallest absolute Gasteiger partial charge is 0.227 e. The highest BCUT2D eigenvalue weighted by Gasteiger charge is 2.41. The summed E-state index contributed by atoms with van der Waals surface area (Å²) in [7, 11) is 1.67. The van der Waals surface area contributed by atoms with Crippen LogP contribution in [0.3, 0.4) is 0 Å². The van der Waals surface area contributed by atoms with Crippen molar-refractivity contribution in [1.82, 2.24) is 4.90 Å². The van der Waals surface area contributed by atoms with Crippen LogP contribution in [0.15, 0.2) is 35.9 Å². The van der Waals surface area contributed by atoms with Crippen molar-refractivity contribution in [3.8, 4) is 5.75 Å². The van der Waals surface area contributed by atoms with Crippen LogP contribution in [-0.4, -0.2) is 30.0 Å². The van der Waals surface area contributed by atoms with Crippen molar-refractivity contribution in [3.05, 3.63) is 41.5 Å². The first kappa shape index (κ1) is 14.8. The number of benzene rings is 1. The zero-order chi connectivity index (χ0) is 15.8. The van der Waals surface area contributed by atoms with Crippen LogP contribution in [-0.2, 0) is 11.2 Å². The van der Waals surface area contributed by atoms with Gasteiger partial charge in [-0.15, -0.1) is 0 Å². The molecule has 3 nitrogen and oxygen atoms in total. The molecule has 1 aromatic rings. The highest BCUT2D eigenvalue weighted by molar-refractivity contribution is 5.80. The number of carbonyl (C=O) groups is 1. The first-order valence-electron chi connectivity index (χ1n) is 8.86. The van der Waals surface area contributed by atoms with Crippen LogP contribution in [0.1, 0.15) is 44.1 Å². The number of piperidine rings is 1. The lowest BCUT2D eigenvalue weighted by molar-refractivity contribution is -0.134. The molecule has 0 N–H and O–H groups in total. The molecule has 2 atom stereocenters. The highest BCUT2D eigenvalue weighted by atomic mass is 16.5. The van der Waals surface area contributed by atoms with Crippen molar-refractivity contribution in [1.29, 1.82) is 0 Å². The first-order valence-corrected chi connectivity index (χ1v) is 8.86. The molecule has 2 bridgehead atoms. The molecule has 2 heterocycles. The van der Waals surface area contributed by atoms with Crippen molar-refractivity contribution in [2.45, 2.75) is 57.0 Å². The zero-order valence-electron chi connectivity index (χ0n) is 13.8. The van der Waals surface area contributed by atoms with Gasteiger partial charge in [0, 0.05) is 12.1 Å². The minimum Gasteiger partial charge on any atom is -0.497 e. The summed E-state index contributed by atoms with van der Waals surface area (Å²) in [5.74, 6) is 1.96. The fourth-order valence-electron chi connectivity index (χ4n) is 4.24. The third-order valence-corrected chi connectivity index (χ3v) is 5.49. The van der Waals surface area contributed by atoms with Crippen molar-refractivity contribution in [2.75, 3.05) is 7.11 Å². The van der Waals surface area contributed by atoms with E-state index in [0.29, 0.717) is 18.5 Å². The van der Waals surface area contributed by atoms with Gasteiger partial charge in [0.1, 0.15) is 5.75 Å². The number of amides is 1. The Kier molecular flexibility index (Phi) is 3.88.